The third-order valence-electron chi connectivity index (χ3n) is 2.29. The molecule has 0 unspecified atom stereocenters. The molecule has 0 atom stereocenters. The van der Waals surface area contributed by atoms with Crippen LogP contribution in [0.1, 0.15) is 65.7 Å². The number of nitrogens with zero attached hydrogens (tertiary/aromatic N) is 3. The molecule has 0 amide bonds. The lowest BCUT2D eigenvalue weighted by molar-refractivity contribution is -0.402. The van der Waals surface area contributed by atoms with Crippen molar-refractivity contribution >= 4 is 22.2 Å². The summed E-state index contributed by atoms with van der Waals surface area (Å²) in [7, 11) is 0. The number of aromatic nitrogens is 1. The Morgan fingerprint density at radius 3 is 1.77 bits per heavy atom. The Morgan fingerprint density at radius 1 is 1.08 bits per heavy atom. The van der Waals surface area contributed by atoms with E-state index in [0.29, 0.717) is 11.3 Å². The molecule has 152 valence electrons. The average molecular weight is 392 g/mol. The van der Waals surface area contributed by atoms with Crippen LogP contribution in [0.25, 0.3) is 0 Å². The van der Waals surface area contributed by atoms with Gasteiger partial charge in [-0.05, 0) is 37.7 Å². The molecule has 0 aliphatic heterocycles. The minimum absolute atomic E-state index is 0. The molecule has 2 aromatic heterocycles. The van der Waals surface area contributed by atoms with E-state index in [1.54, 1.807) is 19.9 Å². The number of hydrogen-bond donors (Lipinski definition) is 0. The Hall–Kier alpha value is -2.29. The van der Waals surface area contributed by atoms with Gasteiger partial charge in [-0.2, -0.15) is 0 Å². The van der Waals surface area contributed by atoms with Crippen molar-refractivity contribution in [1.29, 1.82) is 0 Å². The maximum atomic E-state index is 10.3. The Balaban J connectivity index is -0.000000148. The summed E-state index contributed by atoms with van der Waals surface area (Å²) in [5.74, 6) is -0.171. The van der Waals surface area contributed by atoms with Gasteiger partial charge >= 0.3 is 10.9 Å². The molecule has 0 saturated carbocycles. The lowest BCUT2D eigenvalue weighted by atomic mass is 10.4. The maximum absolute atomic E-state index is 10.3. The first kappa shape index (κ1) is 31.5. The first-order chi connectivity index (χ1) is 10.8. The van der Waals surface area contributed by atoms with Crippen LogP contribution in [0.15, 0.2) is 16.7 Å². The fraction of sp³-hybridized carbons (Fsp3) is 0.588. The van der Waals surface area contributed by atoms with Crippen LogP contribution in [0.2, 0.25) is 0 Å². The molecule has 2 heterocycles. The highest BCUT2D eigenvalue weighted by Gasteiger charge is 2.15. The van der Waals surface area contributed by atoms with Crippen LogP contribution in [0, 0.1) is 34.1 Å². The van der Waals surface area contributed by atoms with Crippen LogP contribution in [0.5, 0.6) is 0 Å². The molecule has 0 saturated heterocycles. The van der Waals surface area contributed by atoms with Crippen molar-refractivity contribution in [3.8, 4) is 0 Å². The van der Waals surface area contributed by atoms with E-state index in [9.17, 15) is 20.2 Å². The zero-order valence-electron chi connectivity index (χ0n) is 13.9. The summed E-state index contributed by atoms with van der Waals surface area (Å²) in [6, 6.07) is 1.55. The van der Waals surface area contributed by atoms with Crippen molar-refractivity contribution in [2.75, 3.05) is 0 Å². The summed E-state index contributed by atoms with van der Waals surface area (Å²) < 4.78 is 4.53. The second-order valence-electron chi connectivity index (χ2n) is 4.48. The van der Waals surface area contributed by atoms with Crippen molar-refractivity contribution in [2.45, 2.75) is 69.7 Å². The highest BCUT2D eigenvalue weighted by molar-refractivity contribution is 7.15. The molecule has 8 nitrogen and oxygen atoms in total. The highest BCUT2D eigenvalue weighted by atomic mass is 32.1. The molecule has 0 aromatic carbocycles. The molecule has 0 bridgehead atoms. The normalized spacial score (nSPS) is 8.19. The molecule has 0 spiro atoms. The van der Waals surface area contributed by atoms with E-state index in [2.05, 4.69) is 23.2 Å². The summed E-state index contributed by atoms with van der Waals surface area (Å²) >= 11 is 1.16. The Labute approximate surface area is 160 Å². The van der Waals surface area contributed by atoms with E-state index < -0.39 is 4.92 Å². The third-order valence-corrected chi connectivity index (χ3v) is 3.54. The van der Waals surface area contributed by atoms with Crippen LogP contribution in [-0.2, 0) is 6.42 Å². The summed E-state index contributed by atoms with van der Waals surface area (Å²) in [6.45, 7) is 9.47. The van der Waals surface area contributed by atoms with Crippen molar-refractivity contribution in [2.24, 2.45) is 0 Å². The van der Waals surface area contributed by atoms with Gasteiger partial charge in [-0.3, -0.25) is 20.2 Å². The van der Waals surface area contributed by atoms with Crippen LogP contribution >= 0.6 is 11.3 Å². The summed E-state index contributed by atoms with van der Waals surface area (Å²) in [5.41, 5.74) is 1.08. The van der Waals surface area contributed by atoms with E-state index in [1.807, 2.05) is 6.92 Å². The van der Waals surface area contributed by atoms with Gasteiger partial charge in [0.15, 0.2) is 0 Å². The van der Waals surface area contributed by atoms with Crippen LogP contribution in [-0.4, -0.2) is 14.8 Å². The van der Waals surface area contributed by atoms with Crippen LogP contribution < -0.4 is 0 Å². The first-order valence-electron chi connectivity index (χ1n) is 7.07. The summed E-state index contributed by atoms with van der Waals surface area (Å²) in [5, 5.41) is 21.3. The van der Waals surface area contributed by atoms with Crippen molar-refractivity contribution in [3.05, 3.63) is 48.8 Å². The molecular formula is C17H33N3O5S. The molecule has 9 heteroatoms. The minimum Gasteiger partial charge on any atom is -0.409 e. The first-order valence-corrected chi connectivity index (χ1v) is 7.89. The van der Waals surface area contributed by atoms with Crippen molar-refractivity contribution < 1.29 is 14.3 Å². The number of furan rings is 1. The molecule has 2 rings (SSSR count). The van der Waals surface area contributed by atoms with Gasteiger partial charge in [-0.15, -0.1) is 0 Å². The van der Waals surface area contributed by atoms with Gasteiger partial charge in [0.25, 0.3) is 0 Å². The summed E-state index contributed by atoms with van der Waals surface area (Å²) in [4.78, 5) is 23.4. The fourth-order valence-corrected chi connectivity index (χ4v) is 2.13. The zero-order valence-corrected chi connectivity index (χ0v) is 14.7. The fourth-order valence-electron chi connectivity index (χ4n) is 1.32. The van der Waals surface area contributed by atoms with E-state index in [0.717, 1.165) is 22.8 Å². The predicted octanol–water partition coefficient (Wildman–Crippen LogP) is 6.74. The second kappa shape index (κ2) is 16.2. The van der Waals surface area contributed by atoms with Crippen LogP contribution in [0.3, 0.4) is 0 Å². The zero-order chi connectivity index (χ0) is 18.0. The highest BCUT2D eigenvalue weighted by Crippen LogP contribution is 2.25. The lowest BCUT2D eigenvalue weighted by Crippen LogP contribution is -1.85. The molecule has 0 aliphatic rings. The van der Waals surface area contributed by atoms with Gasteiger partial charge in [0.2, 0.25) is 0 Å². The molecule has 0 radical (unpaired) electrons. The van der Waals surface area contributed by atoms with Crippen molar-refractivity contribution in [3.63, 3.8) is 0 Å². The predicted molar refractivity (Wildman–Crippen MR) is 109 cm³/mol. The van der Waals surface area contributed by atoms with Gasteiger partial charge < -0.3 is 4.42 Å². The Bertz CT molecular complexity index is 638. The SMILES string of the molecule is C.C.C.CCC.CCc1nc(C)c([N+](=O)[O-])s1.Cc1ccoc1[N+](=O)[O-]. The molecule has 0 fully saturated rings. The van der Waals surface area contributed by atoms with Gasteiger partial charge in [0, 0.05) is 0 Å². The number of rotatable bonds is 3. The lowest BCUT2D eigenvalue weighted by Gasteiger charge is -1.81. The van der Waals surface area contributed by atoms with Gasteiger partial charge in [-0.1, -0.05) is 49.5 Å². The van der Waals surface area contributed by atoms with E-state index in [1.165, 1.54) is 12.7 Å². The summed E-state index contributed by atoms with van der Waals surface area (Å²) in [6.07, 6.45) is 3.31. The van der Waals surface area contributed by atoms with Gasteiger partial charge in [0.1, 0.15) is 10.6 Å². The molecule has 0 N–H and O–H groups in total. The smallest absolute Gasteiger partial charge is 0.409 e. The largest absolute Gasteiger partial charge is 0.435 e. The van der Waals surface area contributed by atoms with Gasteiger partial charge in [0.05, 0.1) is 21.8 Å². The van der Waals surface area contributed by atoms with E-state index in [-0.39, 0.29) is 38.1 Å². The minimum atomic E-state index is -0.546. The van der Waals surface area contributed by atoms with Crippen LogP contribution in [0.4, 0.5) is 10.9 Å². The number of nitro groups is 2. The monoisotopic (exact) mass is 391 g/mol. The number of hydrogen-bond acceptors (Lipinski definition) is 7. The number of aryl methyl sites for hydroxylation is 3. The van der Waals surface area contributed by atoms with E-state index in [4.69, 9.17) is 0 Å². The van der Waals surface area contributed by atoms with Crippen molar-refractivity contribution in [1.82, 2.24) is 4.98 Å². The Kier molecular flexibility index (Phi) is 19.6. The third kappa shape index (κ3) is 10.5. The molecule has 2 aromatic rings. The topological polar surface area (TPSA) is 112 Å². The standard InChI is InChI=1S/C6H8N2O2S.C5H5NO3.C3H8.3CH4/c1-3-5-7-4(2)6(11-5)8(9)10;1-4-2-3-9-5(4)6(7)8;1-3-2;;;/h3H2,1-2H3;2-3H,1H3;3H2,1-2H3;3*1H4. The number of thiazole rings is 1. The quantitative estimate of drug-likeness (QED) is 0.423. The average Bonchev–Trinajstić information content (AvgIpc) is 3.06. The Morgan fingerprint density at radius 2 is 1.58 bits per heavy atom. The molecule has 0 aliphatic carbocycles. The maximum Gasteiger partial charge on any atom is 0.435 e. The van der Waals surface area contributed by atoms with E-state index >= 15 is 0 Å². The second-order valence-corrected chi connectivity index (χ2v) is 5.54. The molecular weight excluding hydrogens is 358 g/mol. The molecule has 26 heavy (non-hydrogen) atoms. The van der Waals surface area contributed by atoms with Gasteiger partial charge in [-0.25, -0.2) is 4.98 Å².